The molecule has 31 heavy (non-hydrogen) atoms. The first-order valence-electron chi connectivity index (χ1n) is 9.80. The van der Waals surface area contributed by atoms with Gasteiger partial charge in [0.05, 0.1) is 10.8 Å². The van der Waals surface area contributed by atoms with E-state index < -0.39 is 10.0 Å². The molecule has 1 saturated heterocycles. The molecule has 1 unspecified atom stereocenters. The largest absolute Gasteiger partial charge is 0.339 e. The summed E-state index contributed by atoms with van der Waals surface area (Å²) >= 11 is 5.92. The van der Waals surface area contributed by atoms with E-state index in [-0.39, 0.29) is 23.3 Å². The molecular weight excluding hydrogens is 440 g/mol. The van der Waals surface area contributed by atoms with Crippen molar-refractivity contribution in [2.24, 2.45) is 0 Å². The number of nitrogens with one attached hydrogen (secondary N) is 1. The van der Waals surface area contributed by atoms with Gasteiger partial charge >= 0.3 is 0 Å². The van der Waals surface area contributed by atoms with Crippen LogP contribution >= 0.6 is 11.6 Å². The van der Waals surface area contributed by atoms with Gasteiger partial charge in [-0.2, -0.15) is 9.29 Å². The minimum atomic E-state index is -3.68. The van der Waals surface area contributed by atoms with Crippen LogP contribution < -0.4 is 5.32 Å². The van der Waals surface area contributed by atoms with E-state index in [1.165, 1.54) is 23.4 Å². The summed E-state index contributed by atoms with van der Waals surface area (Å²) in [5.74, 6) is 0.466. The zero-order valence-corrected chi connectivity index (χ0v) is 18.4. The molecule has 2 heterocycles. The van der Waals surface area contributed by atoms with Crippen LogP contribution in [0.5, 0.6) is 0 Å². The van der Waals surface area contributed by atoms with E-state index >= 15 is 0 Å². The third-order valence-electron chi connectivity index (χ3n) is 5.09. The third-order valence-corrected chi connectivity index (χ3v) is 7.22. The average molecular weight is 461 g/mol. The Morgan fingerprint density at radius 3 is 2.55 bits per heavy atom. The standard InChI is InChI=1S/C21H21ClN4O4S/c1-14(27)23-18-8-10-19(11-9-18)31(28,29)26-12-2-3-16(13-26)21-24-20(25-30-21)15-4-6-17(22)7-5-15/h4-11,16H,2-3,12-13H2,1H3,(H,23,27). The van der Waals surface area contributed by atoms with Crippen molar-refractivity contribution >= 4 is 33.2 Å². The number of anilines is 1. The second kappa shape index (κ2) is 8.78. The highest BCUT2D eigenvalue weighted by Gasteiger charge is 2.33. The van der Waals surface area contributed by atoms with Gasteiger partial charge in [0.25, 0.3) is 0 Å². The molecule has 1 aromatic heterocycles. The second-order valence-corrected chi connectivity index (χ2v) is 9.75. The van der Waals surface area contributed by atoms with Gasteiger partial charge in [-0.05, 0) is 61.4 Å². The lowest BCUT2D eigenvalue weighted by Gasteiger charge is -2.30. The number of benzene rings is 2. The molecule has 2 aromatic carbocycles. The van der Waals surface area contributed by atoms with Crippen molar-refractivity contribution in [3.8, 4) is 11.4 Å². The van der Waals surface area contributed by atoms with Gasteiger partial charge in [-0.15, -0.1) is 0 Å². The first-order valence-corrected chi connectivity index (χ1v) is 11.6. The number of nitrogens with zero attached hydrogens (tertiary/aromatic N) is 3. The zero-order valence-electron chi connectivity index (χ0n) is 16.8. The van der Waals surface area contributed by atoms with E-state index in [4.69, 9.17) is 16.1 Å². The third kappa shape index (κ3) is 4.79. The van der Waals surface area contributed by atoms with Crippen molar-refractivity contribution in [2.45, 2.75) is 30.6 Å². The minimum Gasteiger partial charge on any atom is -0.339 e. The van der Waals surface area contributed by atoms with Crippen LogP contribution in [0.3, 0.4) is 0 Å². The quantitative estimate of drug-likeness (QED) is 0.618. The van der Waals surface area contributed by atoms with Crippen molar-refractivity contribution in [2.75, 3.05) is 18.4 Å². The molecule has 1 N–H and O–H groups in total. The van der Waals surface area contributed by atoms with E-state index in [1.807, 2.05) is 0 Å². The summed E-state index contributed by atoms with van der Waals surface area (Å²) in [5.41, 5.74) is 1.32. The van der Waals surface area contributed by atoms with Gasteiger partial charge in [0.15, 0.2) is 0 Å². The van der Waals surface area contributed by atoms with Gasteiger partial charge in [0, 0.05) is 36.3 Å². The maximum atomic E-state index is 13.1. The lowest BCUT2D eigenvalue weighted by Crippen LogP contribution is -2.39. The Hall–Kier alpha value is -2.75. The van der Waals surface area contributed by atoms with Crippen LogP contribution in [0.1, 0.15) is 31.6 Å². The normalized spacial score (nSPS) is 17.4. The molecule has 0 saturated carbocycles. The Morgan fingerprint density at radius 1 is 1.16 bits per heavy atom. The van der Waals surface area contributed by atoms with Gasteiger partial charge < -0.3 is 9.84 Å². The van der Waals surface area contributed by atoms with Crippen molar-refractivity contribution < 1.29 is 17.7 Å². The summed E-state index contributed by atoms with van der Waals surface area (Å²) in [6, 6.07) is 13.2. The Kier molecular flexibility index (Phi) is 6.08. The monoisotopic (exact) mass is 460 g/mol. The number of hydrogen-bond acceptors (Lipinski definition) is 6. The molecule has 3 aromatic rings. The first-order chi connectivity index (χ1) is 14.8. The van der Waals surface area contributed by atoms with E-state index in [2.05, 4.69) is 15.5 Å². The van der Waals surface area contributed by atoms with Gasteiger partial charge in [0.1, 0.15) is 0 Å². The summed E-state index contributed by atoms with van der Waals surface area (Å²) in [5, 5.41) is 7.28. The molecule has 0 aliphatic carbocycles. The van der Waals surface area contributed by atoms with Crippen molar-refractivity contribution in [1.82, 2.24) is 14.4 Å². The van der Waals surface area contributed by atoms with Gasteiger partial charge in [0.2, 0.25) is 27.6 Å². The predicted molar refractivity (Wildman–Crippen MR) is 116 cm³/mol. The molecule has 1 fully saturated rings. The number of rotatable bonds is 5. The zero-order chi connectivity index (χ0) is 22.0. The maximum Gasteiger partial charge on any atom is 0.243 e. The predicted octanol–water partition coefficient (Wildman–Crippen LogP) is 3.92. The highest BCUT2D eigenvalue weighted by molar-refractivity contribution is 7.89. The second-order valence-electron chi connectivity index (χ2n) is 7.37. The summed E-state index contributed by atoms with van der Waals surface area (Å²) in [6.07, 6.45) is 1.45. The molecule has 1 aliphatic heterocycles. The number of carbonyl (C=O) groups excluding carboxylic acids is 1. The van der Waals surface area contributed by atoms with Crippen LogP contribution in [-0.4, -0.2) is 41.9 Å². The minimum absolute atomic E-state index is 0.176. The summed E-state index contributed by atoms with van der Waals surface area (Å²) in [6.45, 7) is 2.08. The topological polar surface area (TPSA) is 105 Å². The van der Waals surface area contributed by atoms with Crippen molar-refractivity contribution in [3.63, 3.8) is 0 Å². The van der Waals surface area contributed by atoms with Crippen LogP contribution in [0.4, 0.5) is 5.69 Å². The number of hydrogen-bond donors (Lipinski definition) is 1. The van der Waals surface area contributed by atoms with Crippen LogP contribution in [0, 0.1) is 0 Å². The summed E-state index contributed by atoms with van der Waals surface area (Å²) in [4.78, 5) is 15.8. The molecule has 1 atom stereocenters. The number of sulfonamides is 1. The highest BCUT2D eigenvalue weighted by atomic mass is 35.5. The number of aromatic nitrogens is 2. The fourth-order valence-electron chi connectivity index (χ4n) is 3.54. The Balaban J connectivity index is 1.50. The fourth-order valence-corrected chi connectivity index (χ4v) is 5.19. The number of carbonyl (C=O) groups is 1. The summed E-state index contributed by atoms with van der Waals surface area (Å²) < 4.78 is 33.1. The average Bonchev–Trinajstić information content (AvgIpc) is 3.25. The van der Waals surface area contributed by atoms with Crippen LogP contribution in [-0.2, 0) is 14.8 Å². The van der Waals surface area contributed by atoms with E-state index in [9.17, 15) is 13.2 Å². The van der Waals surface area contributed by atoms with Gasteiger partial charge in [-0.3, -0.25) is 4.79 Å². The maximum absolute atomic E-state index is 13.1. The molecule has 0 radical (unpaired) electrons. The Bertz CT molecular complexity index is 1180. The molecule has 1 amide bonds. The molecule has 0 bridgehead atoms. The van der Waals surface area contributed by atoms with Crippen LogP contribution in [0.25, 0.3) is 11.4 Å². The van der Waals surface area contributed by atoms with E-state index in [0.717, 1.165) is 12.0 Å². The van der Waals surface area contributed by atoms with Crippen molar-refractivity contribution in [1.29, 1.82) is 0 Å². The number of halogens is 1. The lowest BCUT2D eigenvalue weighted by molar-refractivity contribution is -0.114. The molecule has 1 aliphatic rings. The van der Waals surface area contributed by atoms with Crippen molar-refractivity contribution in [3.05, 3.63) is 59.4 Å². The Labute approximate surface area is 185 Å². The van der Waals surface area contributed by atoms with Gasteiger partial charge in [-0.25, -0.2) is 8.42 Å². The molecule has 0 spiro atoms. The molecular formula is C21H21ClN4O4S. The van der Waals surface area contributed by atoms with Crippen LogP contribution in [0.2, 0.25) is 5.02 Å². The first kappa shape index (κ1) is 21.5. The fraction of sp³-hybridized carbons (Fsp3) is 0.286. The molecule has 10 heteroatoms. The smallest absolute Gasteiger partial charge is 0.243 e. The van der Waals surface area contributed by atoms with Gasteiger partial charge in [-0.1, -0.05) is 16.8 Å². The highest BCUT2D eigenvalue weighted by Crippen LogP contribution is 2.31. The number of amides is 1. The molecule has 8 nitrogen and oxygen atoms in total. The molecule has 4 rings (SSSR count). The SMILES string of the molecule is CC(=O)Nc1ccc(S(=O)(=O)N2CCCC(c3nc(-c4ccc(Cl)cc4)no3)C2)cc1. The lowest BCUT2D eigenvalue weighted by atomic mass is 10.00. The Morgan fingerprint density at radius 2 is 1.87 bits per heavy atom. The van der Waals surface area contributed by atoms with E-state index in [1.54, 1.807) is 36.4 Å². The van der Waals surface area contributed by atoms with E-state index in [0.29, 0.717) is 35.4 Å². The van der Waals surface area contributed by atoms with Crippen LogP contribution in [0.15, 0.2) is 57.9 Å². The molecule has 162 valence electrons. The summed E-state index contributed by atoms with van der Waals surface area (Å²) in [7, 11) is -3.68. The number of piperidine rings is 1.